The van der Waals surface area contributed by atoms with Crippen LogP contribution in [0, 0.1) is 5.92 Å². The Labute approximate surface area is 92.8 Å². The predicted molar refractivity (Wildman–Crippen MR) is 60.9 cm³/mol. The van der Waals surface area contributed by atoms with Gasteiger partial charge in [0, 0.05) is 19.0 Å². The van der Waals surface area contributed by atoms with Crippen molar-refractivity contribution in [3.63, 3.8) is 0 Å². The first-order chi connectivity index (χ1) is 6.94. The maximum absolute atomic E-state index is 11.8. The summed E-state index contributed by atoms with van der Waals surface area (Å²) in [4.78, 5) is 14.0. The molecule has 15 heavy (non-hydrogen) atoms. The lowest BCUT2D eigenvalue weighted by Crippen LogP contribution is -2.50. The SMILES string of the molecule is CCC(C)C(=O)CN1CCOC(C)(C)C1. The van der Waals surface area contributed by atoms with Crippen LogP contribution >= 0.6 is 0 Å². The molecular formula is C12H23NO2. The Morgan fingerprint density at radius 2 is 2.20 bits per heavy atom. The topological polar surface area (TPSA) is 29.5 Å². The van der Waals surface area contributed by atoms with E-state index < -0.39 is 0 Å². The molecule has 0 saturated carbocycles. The number of ketones is 1. The quantitative estimate of drug-likeness (QED) is 0.712. The van der Waals surface area contributed by atoms with E-state index in [9.17, 15) is 4.79 Å². The molecule has 1 rings (SSSR count). The van der Waals surface area contributed by atoms with Crippen molar-refractivity contribution in [3.05, 3.63) is 0 Å². The van der Waals surface area contributed by atoms with Crippen LogP contribution in [0.1, 0.15) is 34.1 Å². The largest absolute Gasteiger partial charge is 0.373 e. The maximum atomic E-state index is 11.8. The molecule has 1 heterocycles. The molecule has 0 aromatic rings. The zero-order chi connectivity index (χ0) is 11.5. The first kappa shape index (κ1) is 12.7. The molecule has 88 valence electrons. The number of hydrogen-bond acceptors (Lipinski definition) is 3. The van der Waals surface area contributed by atoms with Crippen LogP contribution < -0.4 is 0 Å². The third-order valence-corrected chi connectivity index (χ3v) is 3.05. The number of Topliss-reactive ketones (excluding diaryl/α,β-unsaturated/α-hetero) is 1. The lowest BCUT2D eigenvalue weighted by molar-refractivity contribution is -0.128. The van der Waals surface area contributed by atoms with E-state index in [4.69, 9.17) is 4.74 Å². The normalized spacial score (nSPS) is 23.7. The summed E-state index contributed by atoms with van der Waals surface area (Å²) in [7, 11) is 0. The van der Waals surface area contributed by atoms with Crippen molar-refractivity contribution in [1.82, 2.24) is 4.90 Å². The highest BCUT2D eigenvalue weighted by Gasteiger charge is 2.28. The number of carbonyl (C=O) groups excluding carboxylic acids is 1. The van der Waals surface area contributed by atoms with Gasteiger partial charge in [0.1, 0.15) is 5.78 Å². The Morgan fingerprint density at radius 1 is 1.53 bits per heavy atom. The van der Waals surface area contributed by atoms with Crippen LogP contribution in [0.3, 0.4) is 0 Å². The van der Waals surface area contributed by atoms with E-state index in [-0.39, 0.29) is 11.5 Å². The molecule has 0 N–H and O–H groups in total. The van der Waals surface area contributed by atoms with Crippen LogP contribution in [-0.2, 0) is 9.53 Å². The fraction of sp³-hybridized carbons (Fsp3) is 0.917. The Balaban J connectivity index is 2.41. The van der Waals surface area contributed by atoms with E-state index in [1.54, 1.807) is 0 Å². The Morgan fingerprint density at radius 3 is 2.73 bits per heavy atom. The van der Waals surface area contributed by atoms with Gasteiger partial charge in [0.25, 0.3) is 0 Å². The van der Waals surface area contributed by atoms with Gasteiger partial charge in [-0.15, -0.1) is 0 Å². The lowest BCUT2D eigenvalue weighted by atomic mass is 10.0. The van der Waals surface area contributed by atoms with Crippen molar-refractivity contribution in [2.45, 2.75) is 39.7 Å². The number of ether oxygens (including phenoxy) is 1. The minimum atomic E-state index is -0.103. The highest BCUT2D eigenvalue weighted by molar-refractivity contribution is 5.82. The van der Waals surface area contributed by atoms with E-state index in [1.807, 2.05) is 6.92 Å². The second-order valence-electron chi connectivity index (χ2n) is 5.09. The van der Waals surface area contributed by atoms with Crippen LogP contribution in [0.4, 0.5) is 0 Å². The van der Waals surface area contributed by atoms with Crippen LogP contribution in [0.15, 0.2) is 0 Å². The predicted octanol–water partition coefficient (Wildman–Crippen LogP) is 1.71. The van der Waals surface area contributed by atoms with Gasteiger partial charge in [-0.2, -0.15) is 0 Å². The summed E-state index contributed by atoms with van der Waals surface area (Å²) in [5.41, 5.74) is -0.103. The van der Waals surface area contributed by atoms with Gasteiger partial charge in [0.05, 0.1) is 18.8 Å². The molecule has 0 bridgehead atoms. The van der Waals surface area contributed by atoms with Gasteiger partial charge in [0.15, 0.2) is 0 Å². The molecular weight excluding hydrogens is 190 g/mol. The first-order valence-electron chi connectivity index (χ1n) is 5.83. The summed E-state index contributed by atoms with van der Waals surface area (Å²) in [6.45, 7) is 11.3. The Bertz CT molecular complexity index is 226. The van der Waals surface area contributed by atoms with E-state index >= 15 is 0 Å². The molecule has 0 amide bonds. The van der Waals surface area contributed by atoms with Gasteiger partial charge in [0.2, 0.25) is 0 Å². The standard InChI is InChI=1S/C12H23NO2/c1-5-10(2)11(14)8-13-6-7-15-12(3,4)9-13/h10H,5-9H2,1-4H3. The van der Waals surface area contributed by atoms with Crippen molar-refractivity contribution in [2.75, 3.05) is 26.2 Å². The summed E-state index contributed by atoms with van der Waals surface area (Å²) in [5.74, 6) is 0.547. The van der Waals surface area contributed by atoms with Gasteiger partial charge in [-0.3, -0.25) is 9.69 Å². The molecule has 0 radical (unpaired) electrons. The highest BCUT2D eigenvalue weighted by atomic mass is 16.5. The Kier molecular flexibility index (Phi) is 4.29. The van der Waals surface area contributed by atoms with Gasteiger partial charge in [-0.05, 0) is 20.3 Å². The van der Waals surface area contributed by atoms with E-state index in [0.29, 0.717) is 12.3 Å². The van der Waals surface area contributed by atoms with E-state index in [2.05, 4.69) is 25.7 Å². The summed E-state index contributed by atoms with van der Waals surface area (Å²) >= 11 is 0. The van der Waals surface area contributed by atoms with Crippen molar-refractivity contribution in [2.24, 2.45) is 5.92 Å². The molecule has 0 spiro atoms. The number of morpholine rings is 1. The number of hydrogen-bond donors (Lipinski definition) is 0. The first-order valence-corrected chi connectivity index (χ1v) is 5.83. The monoisotopic (exact) mass is 213 g/mol. The highest BCUT2D eigenvalue weighted by Crippen LogP contribution is 2.16. The van der Waals surface area contributed by atoms with Gasteiger partial charge < -0.3 is 4.74 Å². The van der Waals surface area contributed by atoms with E-state index in [0.717, 1.165) is 26.1 Å². The van der Waals surface area contributed by atoms with Gasteiger partial charge in [-0.1, -0.05) is 13.8 Å². The molecule has 0 aromatic heterocycles. The molecule has 1 fully saturated rings. The third-order valence-electron chi connectivity index (χ3n) is 3.05. The van der Waals surface area contributed by atoms with Crippen molar-refractivity contribution in [3.8, 4) is 0 Å². The average Bonchev–Trinajstić information content (AvgIpc) is 2.14. The van der Waals surface area contributed by atoms with Crippen LogP contribution in [0.2, 0.25) is 0 Å². The second-order valence-corrected chi connectivity index (χ2v) is 5.09. The van der Waals surface area contributed by atoms with Crippen LogP contribution in [0.25, 0.3) is 0 Å². The van der Waals surface area contributed by atoms with Crippen LogP contribution in [0.5, 0.6) is 0 Å². The number of carbonyl (C=O) groups is 1. The minimum absolute atomic E-state index is 0.103. The van der Waals surface area contributed by atoms with Gasteiger partial charge >= 0.3 is 0 Å². The lowest BCUT2D eigenvalue weighted by Gasteiger charge is -2.38. The molecule has 1 aliphatic heterocycles. The fourth-order valence-electron chi connectivity index (χ4n) is 1.85. The van der Waals surface area contributed by atoms with Gasteiger partial charge in [-0.25, -0.2) is 0 Å². The zero-order valence-corrected chi connectivity index (χ0v) is 10.4. The number of rotatable bonds is 4. The molecule has 1 saturated heterocycles. The summed E-state index contributed by atoms with van der Waals surface area (Å²) in [5, 5.41) is 0. The van der Waals surface area contributed by atoms with Crippen LogP contribution in [-0.4, -0.2) is 42.5 Å². The molecule has 1 atom stereocenters. The second kappa shape index (κ2) is 5.08. The Hall–Kier alpha value is -0.410. The third kappa shape index (κ3) is 3.92. The molecule has 0 aromatic carbocycles. The van der Waals surface area contributed by atoms with Crippen molar-refractivity contribution >= 4 is 5.78 Å². The summed E-state index contributed by atoms with van der Waals surface area (Å²) in [6, 6.07) is 0. The summed E-state index contributed by atoms with van der Waals surface area (Å²) < 4.78 is 5.61. The average molecular weight is 213 g/mol. The van der Waals surface area contributed by atoms with E-state index in [1.165, 1.54) is 0 Å². The zero-order valence-electron chi connectivity index (χ0n) is 10.4. The maximum Gasteiger partial charge on any atom is 0.149 e. The van der Waals surface area contributed by atoms with Crippen molar-refractivity contribution < 1.29 is 9.53 Å². The van der Waals surface area contributed by atoms with Crippen molar-refractivity contribution in [1.29, 1.82) is 0 Å². The minimum Gasteiger partial charge on any atom is -0.373 e. The fourth-order valence-corrected chi connectivity index (χ4v) is 1.85. The molecule has 3 heteroatoms. The number of nitrogens with zero attached hydrogens (tertiary/aromatic N) is 1. The molecule has 0 aliphatic carbocycles. The molecule has 1 aliphatic rings. The molecule has 1 unspecified atom stereocenters. The smallest absolute Gasteiger partial charge is 0.149 e. The summed E-state index contributed by atoms with van der Waals surface area (Å²) in [6.07, 6.45) is 0.937. The molecule has 3 nitrogen and oxygen atoms in total.